The normalized spacial score (nSPS) is 10.4. The molecular formula is C17H19NOS2. The number of thiocarbonyl (C=S) groups is 1. The summed E-state index contributed by atoms with van der Waals surface area (Å²) in [5.74, 6) is 2.47. The zero-order valence-corrected chi connectivity index (χ0v) is 14.1. The lowest BCUT2D eigenvalue weighted by molar-refractivity contribution is 0.479. The largest absolute Gasteiger partial charge is 0.457 e. The average Bonchev–Trinajstić information content (AvgIpc) is 2.43. The Kier molecular flexibility index (Phi) is 5.26. The summed E-state index contributed by atoms with van der Waals surface area (Å²) in [6.07, 6.45) is 0. The van der Waals surface area contributed by atoms with Crippen molar-refractivity contribution >= 4 is 29.0 Å². The van der Waals surface area contributed by atoms with Crippen LogP contribution >= 0.6 is 24.0 Å². The van der Waals surface area contributed by atoms with Crippen LogP contribution in [0.25, 0.3) is 0 Å². The van der Waals surface area contributed by atoms with E-state index >= 15 is 0 Å². The second-order valence-corrected chi connectivity index (χ2v) is 6.52. The maximum atomic E-state index is 6.01. The molecule has 2 nitrogen and oxygen atoms in total. The second-order valence-electron chi connectivity index (χ2n) is 4.77. The number of nitrogens with two attached hydrogens (primary N) is 1. The van der Waals surface area contributed by atoms with Gasteiger partial charge in [-0.25, -0.2) is 0 Å². The van der Waals surface area contributed by atoms with Crippen molar-refractivity contribution in [3.05, 3.63) is 53.1 Å². The Labute approximate surface area is 135 Å². The SMILES string of the molecule is CCSc1cccc(Oc2ccc(C)c(C)c2)c1C(N)=S. The Morgan fingerprint density at radius 3 is 2.57 bits per heavy atom. The van der Waals surface area contributed by atoms with Gasteiger partial charge in [0.15, 0.2) is 0 Å². The molecule has 4 heteroatoms. The standard InChI is InChI=1S/C17H19NOS2/c1-4-21-15-7-5-6-14(16(15)17(18)20)19-13-9-8-11(2)12(3)10-13/h5-10H,4H2,1-3H3,(H2,18,20). The van der Waals surface area contributed by atoms with E-state index in [-0.39, 0.29) is 0 Å². The van der Waals surface area contributed by atoms with Crippen molar-refractivity contribution in [2.24, 2.45) is 5.73 Å². The quantitative estimate of drug-likeness (QED) is 0.632. The molecule has 0 saturated carbocycles. The summed E-state index contributed by atoms with van der Waals surface area (Å²) in [7, 11) is 0. The third-order valence-corrected chi connectivity index (χ3v) is 4.38. The molecule has 0 fully saturated rings. The molecule has 2 rings (SSSR count). The van der Waals surface area contributed by atoms with Crippen molar-refractivity contribution in [2.75, 3.05) is 5.75 Å². The van der Waals surface area contributed by atoms with E-state index in [1.165, 1.54) is 11.1 Å². The summed E-state index contributed by atoms with van der Waals surface area (Å²) < 4.78 is 6.01. The van der Waals surface area contributed by atoms with Crippen molar-refractivity contribution in [1.29, 1.82) is 0 Å². The molecule has 0 atom stereocenters. The van der Waals surface area contributed by atoms with Gasteiger partial charge in [-0.05, 0) is 55.0 Å². The minimum Gasteiger partial charge on any atom is -0.457 e. The van der Waals surface area contributed by atoms with Gasteiger partial charge < -0.3 is 10.5 Å². The van der Waals surface area contributed by atoms with E-state index in [0.717, 1.165) is 22.0 Å². The predicted octanol–water partition coefficient (Wildman–Crippen LogP) is 4.84. The molecule has 0 radical (unpaired) electrons. The molecule has 0 spiro atoms. The van der Waals surface area contributed by atoms with E-state index in [1.54, 1.807) is 11.8 Å². The van der Waals surface area contributed by atoms with Crippen molar-refractivity contribution in [3.63, 3.8) is 0 Å². The number of benzene rings is 2. The Bertz CT molecular complexity index is 668. The first kappa shape index (κ1) is 15.9. The first-order valence-corrected chi connectivity index (χ1v) is 8.23. The minimum absolute atomic E-state index is 0.366. The van der Waals surface area contributed by atoms with Crippen LogP contribution in [0.15, 0.2) is 41.3 Å². The van der Waals surface area contributed by atoms with Crippen LogP contribution in [0.2, 0.25) is 0 Å². The van der Waals surface area contributed by atoms with Gasteiger partial charge in [-0.3, -0.25) is 0 Å². The molecule has 0 aliphatic rings. The highest BCUT2D eigenvalue weighted by Crippen LogP contribution is 2.33. The van der Waals surface area contributed by atoms with Crippen LogP contribution in [-0.4, -0.2) is 10.7 Å². The molecule has 2 aromatic carbocycles. The summed E-state index contributed by atoms with van der Waals surface area (Å²) in [5.41, 5.74) is 9.15. The number of ether oxygens (including phenoxy) is 1. The van der Waals surface area contributed by atoms with Crippen molar-refractivity contribution in [3.8, 4) is 11.5 Å². The maximum Gasteiger partial charge on any atom is 0.138 e. The first-order chi connectivity index (χ1) is 10.0. The van der Waals surface area contributed by atoms with Crippen molar-refractivity contribution in [2.45, 2.75) is 25.7 Å². The van der Waals surface area contributed by atoms with E-state index in [4.69, 9.17) is 22.7 Å². The van der Waals surface area contributed by atoms with Crippen molar-refractivity contribution < 1.29 is 4.74 Å². The molecule has 0 aromatic heterocycles. The smallest absolute Gasteiger partial charge is 0.138 e. The van der Waals surface area contributed by atoms with Gasteiger partial charge in [0.25, 0.3) is 0 Å². The highest BCUT2D eigenvalue weighted by Gasteiger charge is 2.13. The zero-order chi connectivity index (χ0) is 15.4. The molecule has 110 valence electrons. The number of rotatable bonds is 5. The van der Waals surface area contributed by atoms with Crippen LogP contribution in [0.1, 0.15) is 23.6 Å². The van der Waals surface area contributed by atoms with E-state index < -0.39 is 0 Å². The molecule has 2 N–H and O–H groups in total. The first-order valence-electron chi connectivity index (χ1n) is 6.83. The topological polar surface area (TPSA) is 35.2 Å². The van der Waals surface area contributed by atoms with Gasteiger partial charge in [0.05, 0.1) is 5.56 Å². The molecule has 0 heterocycles. The molecule has 0 amide bonds. The van der Waals surface area contributed by atoms with Crippen molar-refractivity contribution in [1.82, 2.24) is 0 Å². The lowest BCUT2D eigenvalue weighted by Gasteiger charge is -2.14. The lowest BCUT2D eigenvalue weighted by Crippen LogP contribution is -2.12. The highest BCUT2D eigenvalue weighted by atomic mass is 32.2. The van der Waals surface area contributed by atoms with Gasteiger partial charge in [-0.15, -0.1) is 11.8 Å². The van der Waals surface area contributed by atoms with Gasteiger partial charge in [0.2, 0.25) is 0 Å². The molecule has 0 aliphatic heterocycles. The average molecular weight is 317 g/mol. The van der Waals surface area contributed by atoms with Crippen LogP contribution in [0.3, 0.4) is 0 Å². The van der Waals surface area contributed by atoms with Gasteiger partial charge in [-0.1, -0.05) is 31.3 Å². The van der Waals surface area contributed by atoms with Crippen LogP contribution < -0.4 is 10.5 Å². The lowest BCUT2D eigenvalue weighted by atomic mass is 10.1. The third-order valence-electron chi connectivity index (χ3n) is 3.24. The van der Waals surface area contributed by atoms with E-state index in [9.17, 15) is 0 Å². The van der Waals surface area contributed by atoms with Gasteiger partial charge >= 0.3 is 0 Å². The Balaban J connectivity index is 2.41. The fourth-order valence-electron chi connectivity index (χ4n) is 2.02. The van der Waals surface area contributed by atoms with Gasteiger partial charge in [-0.2, -0.15) is 0 Å². The Morgan fingerprint density at radius 2 is 1.95 bits per heavy atom. The molecule has 0 saturated heterocycles. The van der Waals surface area contributed by atoms with Gasteiger partial charge in [0, 0.05) is 4.90 Å². The van der Waals surface area contributed by atoms with Crippen LogP contribution in [0.5, 0.6) is 11.5 Å². The summed E-state index contributed by atoms with van der Waals surface area (Å²) in [4.78, 5) is 1.43. The molecule has 21 heavy (non-hydrogen) atoms. The summed E-state index contributed by atoms with van der Waals surface area (Å²) >= 11 is 6.91. The molecule has 2 aromatic rings. The number of thioether (sulfide) groups is 1. The summed E-state index contributed by atoms with van der Waals surface area (Å²) in [5, 5.41) is 0. The predicted molar refractivity (Wildman–Crippen MR) is 94.7 cm³/mol. The molecule has 0 aliphatic carbocycles. The van der Waals surface area contributed by atoms with E-state index in [1.807, 2.05) is 30.3 Å². The zero-order valence-electron chi connectivity index (χ0n) is 12.5. The van der Waals surface area contributed by atoms with Crippen LogP contribution in [0, 0.1) is 13.8 Å². The monoisotopic (exact) mass is 317 g/mol. The summed E-state index contributed by atoms with van der Waals surface area (Å²) in [6, 6.07) is 11.9. The fraction of sp³-hybridized carbons (Fsp3) is 0.235. The van der Waals surface area contributed by atoms with Crippen LogP contribution in [-0.2, 0) is 0 Å². The number of hydrogen-bond donors (Lipinski definition) is 1. The Morgan fingerprint density at radius 1 is 1.19 bits per heavy atom. The second kappa shape index (κ2) is 6.96. The highest BCUT2D eigenvalue weighted by molar-refractivity contribution is 7.99. The van der Waals surface area contributed by atoms with E-state index in [2.05, 4.69) is 26.8 Å². The maximum absolute atomic E-state index is 6.01. The van der Waals surface area contributed by atoms with E-state index in [0.29, 0.717) is 10.7 Å². The number of aryl methyl sites for hydroxylation is 2. The molecule has 0 unspecified atom stereocenters. The fourth-order valence-corrected chi connectivity index (χ4v) is 3.13. The Hall–Kier alpha value is -1.52. The molecule has 0 bridgehead atoms. The minimum atomic E-state index is 0.366. The summed E-state index contributed by atoms with van der Waals surface area (Å²) in [6.45, 7) is 6.25. The van der Waals surface area contributed by atoms with Crippen LogP contribution in [0.4, 0.5) is 0 Å². The number of hydrogen-bond acceptors (Lipinski definition) is 3. The molecular weight excluding hydrogens is 298 g/mol. The van der Waals surface area contributed by atoms with Gasteiger partial charge in [0.1, 0.15) is 16.5 Å². The third kappa shape index (κ3) is 3.77.